The molecule has 1 aromatic carbocycles. The van der Waals surface area contributed by atoms with Crippen molar-refractivity contribution in [1.29, 1.82) is 0 Å². The summed E-state index contributed by atoms with van der Waals surface area (Å²) in [6.45, 7) is 0. The molecule has 0 aliphatic heterocycles. The van der Waals surface area contributed by atoms with Crippen molar-refractivity contribution in [3.05, 3.63) is 27.7 Å². The van der Waals surface area contributed by atoms with Crippen LogP contribution in [0.4, 0.5) is 22.0 Å². The van der Waals surface area contributed by atoms with E-state index in [-0.39, 0.29) is 9.50 Å². The normalized spacial score (nSPS) is 12.7. The third kappa shape index (κ3) is 2.76. The van der Waals surface area contributed by atoms with Crippen LogP contribution in [0.15, 0.2) is 22.7 Å². The molecule has 0 aliphatic rings. The lowest BCUT2D eigenvalue weighted by Crippen LogP contribution is -2.41. The Hall–Kier alpha value is -0.560. The molecule has 90 valence electrons. The fourth-order valence-corrected chi connectivity index (χ4v) is 1.27. The molecule has 1 rings (SSSR count). The van der Waals surface area contributed by atoms with Gasteiger partial charge in [0, 0.05) is 0 Å². The van der Waals surface area contributed by atoms with E-state index < -0.39 is 18.0 Å². The van der Waals surface area contributed by atoms with Gasteiger partial charge < -0.3 is 4.74 Å². The number of ether oxygens (including phenoxy) is 1. The van der Waals surface area contributed by atoms with Crippen LogP contribution in [0.5, 0.6) is 5.75 Å². The van der Waals surface area contributed by atoms with Crippen LogP contribution in [0.2, 0.25) is 5.02 Å². The molecule has 0 unspecified atom stereocenters. The molecule has 0 N–H and O–H groups in total. The van der Waals surface area contributed by atoms with Crippen LogP contribution in [0.25, 0.3) is 0 Å². The Balaban J connectivity index is 3.02. The average Bonchev–Trinajstić information content (AvgIpc) is 2.11. The van der Waals surface area contributed by atoms with Crippen LogP contribution < -0.4 is 4.74 Å². The third-order valence-corrected chi connectivity index (χ3v) is 2.85. The molecule has 0 saturated carbocycles. The summed E-state index contributed by atoms with van der Waals surface area (Å²) in [6.07, 6.45) is -11.0. The molecule has 0 atom stereocenters. The van der Waals surface area contributed by atoms with E-state index in [1.165, 1.54) is 12.1 Å². The summed E-state index contributed by atoms with van der Waals surface area (Å²) < 4.78 is 63.9. The highest BCUT2D eigenvalue weighted by Gasteiger charge is 2.61. The van der Waals surface area contributed by atoms with E-state index in [4.69, 9.17) is 11.6 Å². The molecule has 0 spiro atoms. The summed E-state index contributed by atoms with van der Waals surface area (Å²) in [5.74, 6) is -0.685. The summed E-state index contributed by atoms with van der Waals surface area (Å²) in [6, 6.07) is 3.44. The van der Waals surface area contributed by atoms with Gasteiger partial charge in [0.15, 0.2) is 0 Å². The predicted octanol–water partition coefficient (Wildman–Crippen LogP) is 4.64. The van der Waals surface area contributed by atoms with E-state index in [0.717, 1.165) is 6.07 Å². The van der Waals surface area contributed by atoms with Crippen molar-refractivity contribution in [3.63, 3.8) is 0 Å². The lowest BCUT2D eigenvalue weighted by atomic mass is 10.3. The van der Waals surface area contributed by atoms with Gasteiger partial charge in [-0.3, -0.25) is 0 Å². The first-order chi connectivity index (χ1) is 7.15. The lowest BCUT2D eigenvalue weighted by Gasteiger charge is -2.20. The Morgan fingerprint density at radius 2 is 1.69 bits per heavy atom. The van der Waals surface area contributed by atoms with Gasteiger partial charge >= 0.3 is 12.3 Å². The van der Waals surface area contributed by atoms with E-state index >= 15 is 0 Å². The first kappa shape index (κ1) is 13.5. The highest BCUT2D eigenvalue weighted by Crippen LogP contribution is 2.41. The Labute approximate surface area is 100 Å². The molecule has 0 radical (unpaired) electrons. The van der Waals surface area contributed by atoms with Crippen molar-refractivity contribution >= 4 is 27.5 Å². The van der Waals surface area contributed by atoms with Crippen molar-refractivity contribution in [1.82, 2.24) is 0 Å². The summed E-state index contributed by atoms with van der Waals surface area (Å²) in [7, 11) is 0. The highest BCUT2D eigenvalue weighted by molar-refractivity contribution is 9.10. The third-order valence-electron chi connectivity index (χ3n) is 1.48. The number of rotatable bonds is 2. The highest BCUT2D eigenvalue weighted by atomic mass is 79.9. The number of benzene rings is 1. The second-order valence-electron chi connectivity index (χ2n) is 2.67. The Morgan fingerprint density at radius 3 is 2.19 bits per heavy atom. The maximum Gasteiger partial charge on any atom is 0.499 e. The number of alkyl halides is 5. The summed E-state index contributed by atoms with van der Waals surface area (Å²) in [5.41, 5.74) is 0. The van der Waals surface area contributed by atoms with Gasteiger partial charge in [-0.25, -0.2) is 0 Å². The molecule has 1 aromatic rings. The van der Waals surface area contributed by atoms with Crippen LogP contribution in [0.1, 0.15) is 0 Å². The topological polar surface area (TPSA) is 9.23 Å². The average molecular weight is 325 g/mol. The Morgan fingerprint density at radius 1 is 1.12 bits per heavy atom. The minimum Gasteiger partial charge on any atom is -0.425 e. The molecular formula is C8H3BrClF5O. The maximum atomic E-state index is 12.5. The van der Waals surface area contributed by atoms with Crippen LogP contribution in [-0.4, -0.2) is 12.3 Å². The van der Waals surface area contributed by atoms with E-state index in [1.807, 2.05) is 0 Å². The van der Waals surface area contributed by atoms with Crippen LogP contribution in [0, 0.1) is 0 Å². The largest absolute Gasteiger partial charge is 0.499 e. The van der Waals surface area contributed by atoms with E-state index in [0.29, 0.717) is 0 Å². The zero-order chi connectivity index (χ0) is 12.6. The van der Waals surface area contributed by atoms with Crippen LogP contribution in [-0.2, 0) is 0 Å². The molecule has 0 saturated heterocycles. The number of hydrogen-bond acceptors (Lipinski definition) is 1. The summed E-state index contributed by atoms with van der Waals surface area (Å²) in [4.78, 5) is 0. The molecule has 0 aliphatic carbocycles. The number of hydrogen-bond donors (Lipinski definition) is 0. The zero-order valence-corrected chi connectivity index (χ0v) is 9.63. The molecule has 0 fully saturated rings. The van der Waals surface area contributed by atoms with Crippen molar-refractivity contribution in [2.75, 3.05) is 0 Å². The van der Waals surface area contributed by atoms with E-state index in [9.17, 15) is 22.0 Å². The minimum atomic E-state index is -5.78. The van der Waals surface area contributed by atoms with Crippen molar-refractivity contribution in [2.45, 2.75) is 12.3 Å². The second kappa shape index (κ2) is 4.37. The van der Waals surface area contributed by atoms with Gasteiger partial charge in [-0.2, -0.15) is 22.0 Å². The minimum absolute atomic E-state index is 0.0320. The van der Waals surface area contributed by atoms with Gasteiger partial charge in [-0.05, 0) is 28.1 Å². The fourth-order valence-electron chi connectivity index (χ4n) is 0.759. The van der Waals surface area contributed by atoms with Gasteiger partial charge in [0.1, 0.15) is 5.75 Å². The first-order valence-electron chi connectivity index (χ1n) is 3.73. The SMILES string of the molecule is FC(F)(F)C(F)(F)Oc1cccc(Cl)c1Br. The molecule has 16 heavy (non-hydrogen) atoms. The molecule has 0 amide bonds. The second-order valence-corrected chi connectivity index (χ2v) is 3.87. The van der Waals surface area contributed by atoms with E-state index in [1.54, 1.807) is 0 Å². The van der Waals surface area contributed by atoms with Gasteiger partial charge in [-0.1, -0.05) is 17.7 Å². The van der Waals surface area contributed by atoms with Gasteiger partial charge in [0.05, 0.1) is 9.50 Å². The van der Waals surface area contributed by atoms with Crippen molar-refractivity contribution in [3.8, 4) is 5.75 Å². The smallest absolute Gasteiger partial charge is 0.425 e. The molecule has 1 nitrogen and oxygen atoms in total. The predicted molar refractivity (Wildman–Crippen MR) is 50.8 cm³/mol. The van der Waals surface area contributed by atoms with Crippen LogP contribution in [0.3, 0.4) is 0 Å². The quantitative estimate of drug-likeness (QED) is 0.720. The Kier molecular flexibility index (Phi) is 3.69. The Bertz CT molecular complexity index is 393. The molecule has 0 heterocycles. The summed E-state index contributed by atoms with van der Waals surface area (Å²) in [5, 5.41) is -0.0320. The standard InChI is InChI=1S/C8H3BrClF5O/c9-6-4(10)2-1-3-5(6)16-8(14,15)7(11,12)13/h1-3H. The molecule has 0 bridgehead atoms. The fraction of sp³-hybridized carbons (Fsp3) is 0.250. The number of halogens is 7. The first-order valence-corrected chi connectivity index (χ1v) is 4.90. The van der Waals surface area contributed by atoms with Crippen molar-refractivity contribution < 1.29 is 26.7 Å². The summed E-state index contributed by atoms with van der Waals surface area (Å²) >= 11 is 8.25. The molecule has 8 heteroatoms. The van der Waals surface area contributed by atoms with Gasteiger partial charge in [-0.15, -0.1) is 0 Å². The maximum absolute atomic E-state index is 12.5. The monoisotopic (exact) mass is 324 g/mol. The van der Waals surface area contributed by atoms with Crippen molar-refractivity contribution in [2.24, 2.45) is 0 Å². The molecular weight excluding hydrogens is 322 g/mol. The zero-order valence-electron chi connectivity index (χ0n) is 7.29. The van der Waals surface area contributed by atoms with Gasteiger partial charge in [0.2, 0.25) is 0 Å². The van der Waals surface area contributed by atoms with E-state index in [2.05, 4.69) is 20.7 Å². The van der Waals surface area contributed by atoms with Crippen LogP contribution >= 0.6 is 27.5 Å². The lowest BCUT2D eigenvalue weighted by molar-refractivity contribution is -0.360. The van der Waals surface area contributed by atoms with Gasteiger partial charge in [0.25, 0.3) is 0 Å². The molecule has 0 aromatic heterocycles.